The van der Waals surface area contributed by atoms with Crippen LogP contribution in [0.5, 0.6) is 0 Å². The smallest absolute Gasteiger partial charge is 0.254 e. The van der Waals surface area contributed by atoms with Gasteiger partial charge in [0.1, 0.15) is 23.2 Å². The third kappa shape index (κ3) is 9.50. The van der Waals surface area contributed by atoms with Crippen LogP contribution in [0.25, 0.3) is 21.8 Å². The number of aromatic amines is 2. The van der Waals surface area contributed by atoms with E-state index in [1.54, 1.807) is 50.2 Å². The fourth-order valence-electron chi connectivity index (χ4n) is 6.89. The molecule has 0 aliphatic heterocycles. The van der Waals surface area contributed by atoms with Crippen molar-refractivity contribution >= 4 is 33.6 Å². The maximum atomic E-state index is 13.7. The summed E-state index contributed by atoms with van der Waals surface area (Å²) in [7, 11) is 0. The Morgan fingerprint density at radius 3 is 1.32 bits per heavy atom. The van der Waals surface area contributed by atoms with E-state index in [4.69, 9.17) is 8.83 Å². The highest BCUT2D eigenvalue weighted by Crippen LogP contribution is 2.21. The number of carbonyl (C=O) groups excluding carboxylic acids is 2. The van der Waals surface area contributed by atoms with E-state index in [1.165, 1.54) is 58.7 Å². The second-order valence-corrected chi connectivity index (χ2v) is 14.8. The van der Waals surface area contributed by atoms with Crippen LogP contribution >= 0.6 is 0 Å². The molecule has 4 aromatic heterocycles. The molecule has 60 heavy (non-hydrogen) atoms. The van der Waals surface area contributed by atoms with Gasteiger partial charge in [-0.25, -0.2) is 8.78 Å². The molecule has 10 nitrogen and oxygen atoms in total. The van der Waals surface area contributed by atoms with E-state index in [0.29, 0.717) is 44.9 Å². The van der Waals surface area contributed by atoms with Crippen LogP contribution in [0.3, 0.4) is 0 Å². The van der Waals surface area contributed by atoms with Crippen LogP contribution in [0.1, 0.15) is 65.6 Å². The number of halogens is 2. The number of benzene rings is 4. The van der Waals surface area contributed by atoms with Crippen LogP contribution in [0.2, 0.25) is 0 Å². The topological polar surface area (TPSA) is 133 Å². The summed E-state index contributed by atoms with van der Waals surface area (Å²) in [6, 6.07) is 30.7. The minimum absolute atomic E-state index is 0.0924. The van der Waals surface area contributed by atoms with Crippen LogP contribution < -0.4 is 11.1 Å². The first-order valence-electron chi connectivity index (χ1n) is 19.2. The molecule has 0 saturated heterocycles. The summed E-state index contributed by atoms with van der Waals surface area (Å²) in [6.45, 7) is 7.74. The predicted molar refractivity (Wildman–Crippen MR) is 225 cm³/mol. The molecule has 0 spiro atoms. The molecule has 304 valence electrons. The Morgan fingerprint density at radius 1 is 0.533 bits per heavy atom. The number of amides is 2. The first kappa shape index (κ1) is 40.8. The van der Waals surface area contributed by atoms with E-state index < -0.39 is 0 Å². The van der Waals surface area contributed by atoms with Crippen LogP contribution in [0.4, 0.5) is 8.78 Å². The van der Waals surface area contributed by atoms with Gasteiger partial charge in [-0.05, 0) is 147 Å². The normalized spacial score (nSPS) is 11.0. The molecule has 0 aliphatic carbocycles. The molecule has 2 amide bonds. The first-order chi connectivity index (χ1) is 28.8. The zero-order valence-corrected chi connectivity index (χ0v) is 33.5. The van der Waals surface area contributed by atoms with Crippen LogP contribution in [0.15, 0.2) is 140 Å². The third-order valence-corrected chi connectivity index (χ3v) is 10.1. The molecule has 8 aromatic rings. The van der Waals surface area contributed by atoms with E-state index in [2.05, 4.69) is 9.97 Å². The van der Waals surface area contributed by atoms with Gasteiger partial charge in [-0.2, -0.15) is 0 Å². The Labute approximate surface area is 343 Å². The summed E-state index contributed by atoms with van der Waals surface area (Å²) in [6.07, 6.45) is 3.07. The van der Waals surface area contributed by atoms with Gasteiger partial charge in [-0.15, -0.1) is 0 Å². The van der Waals surface area contributed by atoms with Crippen molar-refractivity contribution in [3.63, 3.8) is 0 Å². The Balaban J connectivity index is 0.000000181. The number of nitrogens with one attached hydrogen (secondary N) is 2. The van der Waals surface area contributed by atoms with E-state index in [0.717, 1.165) is 32.9 Å². The molecule has 4 aromatic carbocycles. The van der Waals surface area contributed by atoms with Crippen molar-refractivity contribution in [2.45, 2.75) is 53.9 Å². The number of nitrogens with zero attached hydrogens (tertiary/aromatic N) is 2. The van der Waals surface area contributed by atoms with E-state index in [1.807, 2.05) is 50.2 Å². The largest absolute Gasteiger partial charge is 0.467 e. The Bertz CT molecular complexity index is 2750. The molecule has 2 N–H and O–H groups in total. The Kier molecular flexibility index (Phi) is 12.0. The lowest BCUT2D eigenvalue weighted by molar-refractivity contribution is 0.0710. The van der Waals surface area contributed by atoms with Gasteiger partial charge in [0.15, 0.2) is 0 Å². The number of carbonyl (C=O) groups is 2. The molecule has 8 rings (SSSR count). The quantitative estimate of drug-likeness (QED) is 0.142. The van der Waals surface area contributed by atoms with Gasteiger partial charge in [-0.3, -0.25) is 19.2 Å². The highest BCUT2D eigenvalue weighted by Gasteiger charge is 2.22. The van der Waals surface area contributed by atoms with Gasteiger partial charge in [0.25, 0.3) is 22.9 Å². The second-order valence-electron chi connectivity index (χ2n) is 14.8. The van der Waals surface area contributed by atoms with E-state index >= 15 is 0 Å². The van der Waals surface area contributed by atoms with Crippen molar-refractivity contribution in [1.29, 1.82) is 0 Å². The van der Waals surface area contributed by atoms with E-state index in [-0.39, 0.29) is 60.7 Å². The van der Waals surface area contributed by atoms with Crippen molar-refractivity contribution in [3.05, 3.63) is 210 Å². The van der Waals surface area contributed by atoms with Crippen molar-refractivity contribution in [2.75, 3.05) is 0 Å². The van der Waals surface area contributed by atoms with Gasteiger partial charge < -0.3 is 28.6 Å². The van der Waals surface area contributed by atoms with Gasteiger partial charge in [0.05, 0.1) is 38.7 Å². The number of hydrogen-bond acceptors (Lipinski definition) is 6. The zero-order chi connectivity index (χ0) is 42.5. The Morgan fingerprint density at radius 2 is 0.950 bits per heavy atom. The SMILES string of the molecule is Cc1ccc2[nH]c(=O)c(CN(Cc3ccco3)C(=O)c3ccc(F)c(C)c3)cc2c1.Cc1ccc2[nH]c(=O)c(CN(Cc3ccco3)C(=O)c3ccc(F)c(C)c3)cc2c1. The Hall–Kier alpha value is -7.34. The molecule has 0 aliphatic rings. The predicted octanol–water partition coefficient (Wildman–Crippen LogP) is 9.44. The summed E-state index contributed by atoms with van der Waals surface area (Å²) >= 11 is 0. The van der Waals surface area contributed by atoms with Crippen molar-refractivity contribution < 1.29 is 27.2 Å². The van der Waals surface area contributed by atoms with Crippen LogP contribution in [-0.4, -0.2) is 31.6 Å². The van der Waals surface area contributed by atoms with Crippen LogP contribution in [-0.2, 0) is 26.2 Å². The monoisotopic (exact) mass is 808 g/mol. The molecule has 4 heterocycles. The van der Waals surface area contributed by atoms with Crippen molar-refractivity contribution in [2.24, 2.45) is 0 Å². The summed E-state index contributed by atoms with van der Waals surface area (Å²) in [5, 5.41) is 1.79. The molecule has 0 saturated carbocycles. The number of pyridine rings is 2. The second kappa shape index (κ2) is 17.7. The molecule has 12 heteroatoms. The average molecular weight is 809 g/mol. The minimum atomic E-state index is -0.370. The average Bonchev–Trinajstić information content (AvgIpc) is 3.95. The molecular formula is C48H42F2N4O6. The van der Waals surface area contributed by atoms with Crippen molar-refractivity contribution in [3.8, 4) is 0 Å². The molecule has 0 unspecified atom stereocenters. The maximum Gasteiger partial charge on any atom is 0.254 e. The summed E-state index contributed by atoms with van der Waals surface area (Å²) in [4.78, 5) is 60.5. The number of furan rings is 2. The number of aryl methyl sites for hydroxylation is 4. The molecule has 0 atom stereocenters. The van der Waals surface area contributed by atoms with E-state index in [9.17, 15) is 28.0 Å². The number of rotatable bonds is 10. The summed E-state index contributed by atoms with van der Waals surface area (Å²) in [5.41, 5.74) is 5.55. The standard InChI is InChI=1S/2C24H21FN2O3/c2*1-15-5-8-22-18(10-15)12-19(23(28)26-22)13-27(14-20-4-3-9-30-20)24(29)17-6-7-21(25)16(2)11-17/h2*3-12H,13-14H2,1-2H3,(H,26,28). The molecule has 0 radical (unpaired) electrons. The lowest BCUT2D eigenvalue weighted by Crippen LogP contribution is -2.32. The maximum absolute atomic E-state index is 13.7. The highest BCUT2D eigenvalue weighted by molar-refractivity contribution is 5.95. The fourth-order valence-corrected chi connectivity index (χ4v) is 6.89. The number of aromatic nitrogens is 2. The van der Waals surface area contributed by atoms with Gasteiger partial charge in [-0.1, -0.05) is 23.3 Å². The molecule has 0 fully saturated rings. The van der Waals surface area contributed by atoms with Crippen molar-refractivity contribution in [1.82, 2.24) is 19.8 Å². The fraction of sp³-hybridized carbons (Fsp3) is 0.167. The summed E-state index contributed by atoms with van der Waals surface area (Å²) in [5.74, 6) is -0.169. The lowest BCUT2D eigenvalue weighted by atomic mass is 10.1. The van der Waals surface area contributed by atoms with Crippen LogP contribution in [0, 0.1) is 39.3 Å². The third-order valence-electron chi connectivity index (χ3n) is 10.1. The highest BCUT2D eigenvalue weighted by atomic mass is 19.1. The lowest BCUT2D eigenvalue weighted by Gasteiger charge is -2.22. The zero-order valence-electron chi connectivity index (χ0n) is 33.5. The number of hydrogen-bond donors (Lipinski definition) is 2. The van der Waals surface area contributed by atoms with Gasteiger partial charge >= 0.3 is 0 Å². The number of H-pyrrole nitrogens is 2. The summed E-state index contributed by atoms with van der Waals surface area (Å²) < 4.78 is 38.1. The molecular weight excluding hydrogens is 767 g/mol. The molecule has 0 bridgehead atoms. The van der Waals surface area contributed by atoms with Gasteiger partial charge in [0, 0.05) is 33.3 Å². The number of fused-ring (bicyclic) bond motifs is 2. The first-order valence-corrected chi connectivity index (χ1v) is 19.2. The van der Waals surface area contributed by atoms with Gasteiger partial charge in [0.2, 0.25) is 0 Å². The minimum Gasteiger partial charge on any atom is -0.467 e.